The number of pyridine rings is 1. The molecule has 0 atom stereocenters. The van der Waals surface area contributed by atoms with Crippen LogP contribution in [-0.4, -0.2) is 4.98 Å². The molecular formula is C15H16N2. The molecule has 0 radical (unpaired) electrons. The van der Waals surface area contributed by atoms with Gasteiger partial charge in [-0.05, 0) is 47.6 Å². The molecule has 2 N–H and O–H groups in total. The van der Waals surface area contributed by atoms with Crippen molar-refractivity contribution in [2.24, 2.45) is 0 Å². The summed E-state index contributed by atoms with van der Waals surface area (Å²) < 4.78 is 0. The average Bonchev–Trinajstić information content (AvgIpc) is 2.79. The monoisotopic (exact) mass is 224 g/mol. The lowest BCUT2D eigenvalue weighted by atomic mass is 10.0. The molecule has 0 saturated heterocycles. The van der Waals surface area contributed by atoms with Crippen LogP contribution in [0.2, 0.25) is 0 Å². The molecule has 86 valence electrons. The first-order valence-electron chi connectivity index (χ1n) is 6.13. The molecule has 2 aromatic rings. The topological polar surface area (TPSA) is 38.9 Å². The van der Waals surface area contributed by atoms with E-state index in [1.807, 2.05) is 6.07 Å². The zero-order chi connectivity index (χ0) is 11.7. The van der Waals surface area contributed by atoms with Gasteiger partial charge in [-0.25, -0.2) is 4.98 Å². The van der Waals surface area contributed by atoms with Gasteiger partial charge in [0.2, 0.25) is 0 Å². The van der Waals surface area contributed by atoms with Crippen molar-refractivity contribution in [1.29, 1.82) is 0 Å². The molecule has 1 aromatic carbocycles. The van der Waals surface area contributed by atoms with Crippen molar-refractivity contribution in [2.75, 3.05) is 5.73 Å². The van der Waals surface area contributed by atoms with Gasteiger partial charge in [-0.3, -0.25) is 0 Å². The number of hydrogen-bond donors (Lipinski definition) is 1. The molecule has 1 heterocycles. The maximum Gasteiger partial charge on any atom is 0.126 e. The molecule has 0 unspecified atom stereocenters. The fourth-order valence-corrected chi connectivity index (χ4v) is 2.56. The molecule has 0 aliphatic heterocycles. The molecule has 1 aromatic heterocycles. The van der Waals surface area contributed by atoms with Crippen LogP contribution in [0, 0.1) is 0 Å². The van der Waals surface area contributed by atoms with Crippen LogP contribution in [-0.2, 0) is 19.3 Å². The molecule has 1 aliphatic carbocycles. The van der Waals surface area contributed by atoms with Crippen LogP contribution in [0.25, 0.3) is 0 Å². The van der Waals surface area contributed by atoms with E-state index in [0.717, 1.165) is 12.0 Å². The highest BCUT2D eigenvalue weighted by Gasteiger charge is 2.11. The van der Waals surface area contributed by atoms with Crippen LogP contribution in [0.5, 0.6) is 0 Å². The Hall–Kier alpha value is -1.83. The number of nitrogens with zero attached hydrogens (tertiary/aromatic N) is 1. The lowest BCUT2D eigenvalue weighted by Crippen LogP contribution is -1.98. The number of benzene rings is 1. The Bertz CT molecular complexity index is 546. The van der Waals surface area contributed by atoms with E-state index < -0.39 is 0 Å². The summed E-state index contributed by atoms with van der Waals surface area (Å²) in [5, 5.41) is 0. The van der Waals surface area contributed by atoms with Gasteiger partial charge in [0.05, 0.1) is 0 Å². The summed E-state index contributed by atoms with van der Waals surface area (Å²) >= 11 is 0. The number of nitrogen functional groups attached to an aromatic ring is 1. The smallest absolute Gasteiger partial charge is 0.126 e. The van der Waals surface area contributed by atoms with Crippen molar-refractivity contribution in [1.82, 2.24) is 4.98 Å². The molecule has 0 fully saturated rings. The van der Waals surface area contributed by atoms with Gasteiger partial charge in [-0.1, -0.05) is 24.3 Å². The molecule has 2 heteroatoms. The van der Waals surface area contributed by atoms with Crippen LogP contribution >= 0.6 is 0 Å². The van der Waals surface area contributed by atoms with Crippen molar-refractivity contribution in [2.45, 2.75) is 25.7 Å². The molecule has 1 aliphatic rings. The second-order valence-electron chi connectivity index (χ2n) is 4.68. The highest BCUT2D eigenvalue weighted by molar-refractivity contribution is 5.43. The summed E-state index contributed by atoms with van der Waals surface area (Å²) in [6, 6.07) is 10.8. The van der Waals surface area contributed by atoms with Crippen LogP contribution < -0.4 is 5.73 Å². The molecular weight excluding hydrogens is 208 g/mol. The zero-order valence-corrected chi connectivity index (χ0v) is 9.82. The molecule has 3 rings (SSSR count). The van der Waals surface area contributed by atoms with Crippen molar-refractivity contribution in [3.8, 4) is 0 Å². The summed E-state index contributed by atoms with van der Waals surface area (Å²) in [4.78, 5) is 4.13. The second kappa shape index (κ2) is 4.21. The van der Waals surface area contributed by atoms with E-state index in [-0.39, 0.29) is 0 Å². The van der Waals surface area contributed by atoms with Gasteiger partial charge in [0.25, 0.3) is 0 Å². The van der Waals surface area contributed by atoms with Gasteiger partial charge >= 0.3 is 0 Å². The van der Waals surface area contributed by atoms with Gasteiger partial charge in [0, 0.05) is 12.6 Å². The van der Waals surface area contributed by atoms with Crippen molar-refractivity contribution >= 4 is 5.82 Å². The molecule has 0 saturated carbocycles. The highest BCUT2D eigenvalue weighted by atomic mass is 14.8. The third-order valence-electron chi connectivity index (χ3n) is 3.48. The first kappa shape index (κ1) is 10.3. The van der Waals surface area contributed by atoms with E-state index in [4.69, 9.17) is 5.73 Å². The molecule has 0 amide bonds. The van der Waals surface area contributed by atoms with Crippen molar-refractivity contribution < 1.29 is 0 Å². The normalized spacial score (nSPS) is 13.6. The van der Waals surface area contributed by atoms with E-state index in [1.54, 1.807) is 6.20 Å². The minimum absolute atomic E-state index is 0.646. The predicted octanol–water partition coefficient (Wildman–Crippen LogP) is 2.74. The summed E-state index contributed by atoms with van der Waals surface area (Å²) in [6.07, 6.45) is 6.39. The largest absolute Gasteiger partial charge is 0.383 e. The maximum atomic E-state index is 5.87. The number of aromatic nitrogens is 1. The molecule has 2 nitrogen and oxygen atoms in total. The Morgan fingerprint density at radius 2 is 2.00 bits per heavy atom. The number of nitrogens with two attached hydrogens (primary N) is 1. The Kier molecular flexibility index (Phi) is 2.56. The standard InChI is InChI=1S/C15H16N2/c16-15-14(5-2-8-17-15)10-11-6-7-12-3-1-4-13(12)9-11/h2,5-9H,1,3-4,10H2,(H2,16,17). The first-order chi connectivity index (χ1) is 8.33. The maximum absolute atomic E-state index is 5.87. The van der Waals surface area contributed by atoms with Gasteiger partial charge in [0.1, 0.15) is 5.82 Å². The van der Waals surface area contributed by atoms with Gasteiger partial charge in [-0.15, -0.1) is 0 Å². The minimum Gasteiger partial charge on any atom is -0.383 e. The average molecular weight is 224 g/mol. The van der Waals surface area contributed by atoms with E-state index in [2.05, 4.69) is 29.2 Å². The number of fused-ring (bicyclic) bond motifs is 1. The number of rotatable bonds is 2. The van der Waals surface area contributed by atoms with Crippen LogP contribution in [0.4, 0.5) is 5.82 Å². The van der Waals surface area contributed by atoms with Crippen LogP contribution in [0.3, 0.4) is 0 Å². The summed E-state index contributed by atoms with van der Waals surface area (Å²) in [5.74, 6) is 0.646. The van der Waals surface area contributed by atoms with E-state index in [0.29, 0.717) is 5.82 Å². The minimum atomic E-state index is 0.646. The Morgan fingerprint density at radius 3 is 2.88 bits per heavy atom. The lowest BCUT2D eigenvalue weighted by Gasteiger charge is -2.06. The number of hydrogen-bond acceptors (Lipinski definition) is 2. The SMILES string of the molecule is Nc1ncccc1Cc1ccc2c(c1)CCC2. The van der Waals surface area contributed by atoms with E-state index >= 15 is 0 Å². The summed E-state index contributed by atoms with van der Waals surface area (Å²) in [5.41, 5.74) is 11.4. The van der Waals surface area contributed by atoms with Crippen molar-refractivity contribution in [3.63, 3.8) is 0 Å². The van der Waals surface area contributed by atoms with E-state index in [9.17, 15) is 0 Å². The zero-order valence-electron chi connectivity index (χ0n) is 9.82. The first-order valence-corrected chi connectivity index (χ1v) is 6.13. The molecule has 0 spiro atoms. The van der Waals surface area contributed by atoms with Crippen molar-refractivity contribution in [3.05, 3.63) is 58.8 Å². The third kappa shape index (κ3) is 2.03. The predicted molar refractivity (Wildman–Crippen MR) is 69.9 cm³/mol. The third-order valence-corrected chi connectivity index (χ3v) is 3.48. The lowest BCUT2D eigenvalue weighted by molar-refractivity contribution is 0.911. The Labute approximate surface area is 102 Å². The summed E-state index contributed by atoms with van der Waals surface area (Å²) in [6.45, 7) is 0. The summed E-state index contributed by atoms with van der Waals surface area (Å²) in [7, 11) is 0. The second-order valence-corrected chi connectivity index (χ2v) is 4.68. The van der Waals surface area contributed by atoms with Gasteiger partial charge in [-0.2, -0.15) is 0 Å². The number of aryl methyl sites for hydroxylation is 2. The quantitative estimate of drug-likeness (QED) is 0.852. The number of anilines is 1. The van der Waals surface area contributed by atoms with E-state index in [1.165, 1.54) is 36.0 Å². The molecule has 17 heavy (non-hydrogen) atoms. The van der Waals surface area contributed by atoms with Gasteiger partial charge < -0.3 is 5.73 Å². The highest BCUT2D eigenvalue weighted by Crippen LogP contribution is 2.24. The van der Waals surface area contributed by atoms with Gasteiger partial charge in [0.15, 0.2) is 0 Å². The van der Waals surface area contributed by atoms with Crippen LogP contribution in [0.1, 0.15) is 28.7 Å². The Balaban J connectivity index is 1.89. The fraction of sp³-hybridized carbons (Fsp3) is 0.267. The Morgan fingerprint density at radius 1 is 1.12 bits per heavy atom. The fourth-order valence-electron chi connectivity index (χ4n) is 2.56. The van der Waals surface area contributed by atoms with Crippen LogP contribution in [0.15, 0.2) is 36.5 Å². The molecule has 0 bridgehead atoms.